The number of rotatable bonds is 13. The van der Waals surface area contributed by atoms with Crippen LogP contribution in [0.2, 0.25) is 0 Å². The van der Waals surface area contributed by atoms with E-state index in [0.29, 0.717) is 13.2 Å². The zero-order valence-corrected chi connectivity index (χ0v) is 17.2. The molecule has 0 aliphatic carbocycles. The van der Waals surface area contributed by atoms with Crippen LogP contribution in [0.4, 0.5) is 5.69 Å². The fourth-order valence-corrected chi connectivity index (χ4v) is 3.02. The van der Waals surface area contributed by atoms with E-state index < -0.39 is 0 Å². The van der Waals surface area contributed by atoms with Crippen LogP contribution in [0.3, 0.4) is 0 Å². The van der Waals surface area contributed by atoms with Gasteiger partial charge in [-0.2, -0.15) is 0 Å². The maximum Gasteiger partial charge on any atom is 0.221 e. The number of amides is 1. The highest BCUT2D eigenvalue weighted by atomic mass is 16.5. The van der Waals surface area contributed by atoms with Crippen molar-refractivity contribution in [3.63, 3.8) is 0 Å². The molecular formula is C24H33NO3. The van der Waals surface area contributed by atoms with Crippen LogP contribution < -0.4 is 14.8 Å². The summed E-state index contributed by atoms with van der Waals surface area (Å²) in [6.07, 6.45) is 9.11. The van der Waals surface area contributed by atoms with Crippen LogP contribution in [0.1, 0.15) is 57.9 Å². The summed E-state index contributed by atoms with van der Waals surface area (Å²) >= 11 is 0. The van der Waals surface area contributed by atoms with Crippen LogP contribution in [0.25, 0.3) is 0 Å². The van der Waals surface area contributed by atoms with Crippen LogP contribution in [-0.2, 0) is 11.2 Å². The molecule has 2 rings (SSSR count). The van der Waals surface area contributed by atoms with Gasteiger partial charge in [0, 0.05) is 12.6 Å². The average molecular weight is 384 g/mol. The topological polar surface area (TPSA) is 47.6 Å². The van der Waals surface area contributed by atoms with Crippen LogP contribution in [0.5, 0.6) is 11.5 Å². The molecule has 28 heavy (non-hydrogen) atoms. The van der Waals surface area contributed by atoms with Gasteiger partial charge in [0.25, 0.3) is 0 Å². The molecule has 0 radical (unpaired) electrons. The van der Waals surface area contributed by atoms with E-state index in [4.69, 9.17) is 9.47 Å². The van der Waals surface area contributed by atoms with Crippen molar-refractivity contribution in [3.8, 4) is 11.5 Å². The summed E-state index contributed by atoms with van der Waals surface area (Å²) in [7, 11) is 0. The van der Waals surface area contributed by atoms with E-state index in [1.165, 1.54) is 51.0 Å². The third-order valence-electron chi connectivity index (χ3n) is 4.54. The number of nitrogens with one attached hydrogen (secondary N) is 1. The fraction of sp³-hybridized carbons (Fsp3) is 0.458. The predicted molar refractivity (Wildman–Crippen MR) is 115 cm³/mol. The highest BCUT2D eigenvalue weighted by Crippen LogP contribution is 2.17. The molecule has 4 heteroatoms. The molecule has 4 nitrogen and oxygen atoms in total. The van der Waals surface area contributed by atoms with Gasteiger partial charge in [0.05, 0.1) is 0 Å². The third kappa shape index (κ3) is 8.94. The normalized spacial score (nSPS) is 10.5. The first kappa shape index (κ1) is 21.8. The van der Waals surface area contributed by atoms with Gasteiger partial charge in [-0.3, -0.25) is 4.79 Å². The largest absolute Gasteiger partial charge is 0.490 e. The molecule has 0 aliphatic heterocycles. The zero-order chi connectivity index (χ0) is 20.0. The van der Waals surface area contributed by atoms with Gasteiger partial charge in [0.2, 0.25) is 5.91 Å². The number of benzene rings is 2. The number of carbonyl (C=O) groups excluding carboxylic acids is 1. The van der Waals surface area contributed by atoms with E-state index >= 15 is 0 Å². The maximum atomic E-state index is 11.0. The molecule has 2 aromatic rings. The molecule has 152 valence electrons. The molecule has 0 spiro atoms. The lowest BCUT2D eigenvalue weighted by Crippen LogP contribution is -2.09. The summed E-state index contributed by atoms with van der Waals surface area (Å²) in [5.41, 5.74) is 2.13. The lowest BCUT2D eigenvalue weighted by Gasteiger charge is -2.10. The fourth-order valence-electron chi connectivity index (χ4n) is 3.02. The predicted octanol–water partition coefficient (Wildman–Crippen LogP) is 6.01. The van der Waals surface area contributed by atoms with E-state index in [0.717, 1.165) is 23.6 Å². The molecule has 0 aromatic heterocycles. The van der Waals surface area contributed by atoms with E-state index in [9.17, 15) is 4.79 Å². The smallest absolute Gasteiger partial charge is 0.221 e. The van der Waals surface area contributed by atoms with Gasteiger partial charge < -0.3 is 14.8 Å². The second kappa shape index (κ2) is 12.8. The lowest BCUT2D eigenvalue weighted by atomic mass is 10.0. The van der Waals surface area contributed by atoms with Crippen molar-refractivity contribution in [2.75, 3.05) is 18.5 Å². The number of ether oxygens (including phenoxy) is 2. The van der Waals surface area contributed by atoms with Crippen molar-refractivity contribution < 1.29 is 14.3 Å². The standard InChI is InChI=1S/C24H33NO3/c1-3-4-5-6-7-8-9-21-10-14-23(15-11-21)27-18-19-28-24-16-12-22(13-17-24)25-20(2)26/h10-17H,3-9,18-19H2,1-2H3,(H,25,26). The highest BCUT2D eigenvalue weighted by molar-refractivity contribution is 5.88. The van der Waals surface area contributed by atoms with Crippen molar-refractivity contribution in [2.24, 2.45) is 0 Å². The highest BCUT2D eigenvalue weighted by Gasteiger charge is 1.99. The minimum Gasteiger partial charge on any atom is -0.490 e. The summed E-state index contributed by atoms with van der Waals surface area (Å²) in [5.74, 6) is 1.54. The number of aryl methyl sites for hydroxylation is 1. The van der Waals surface area contributed by atoms with Gasteiger partial charge in [-0.05, 0) is 54.8 Å². The third-order valence-corrected chi connectivity index (χ3v) is 4.54. The molecule has 0 saturated carbocycles. The first-order valence-corrected chi connectivity index (χ1v) is 10.4. The number of carbonyl (C=O) groups is 1. The lowest BCUT2D eigenvalue weighted by molar-refractivity contribution is -0.114. The van der Waals surface area contributed by atoms with E-state index in [2.05, 4.69) is 24.4 Å². The number of anilines is 1. The van der Waals surface area contributed by atoms with Crippen molar-refractivity contribution in [1.29, 1.82) is 0 Å². The molecule has 1 N–H and O–H groups in total. The minimum absolute atomic E-state index is 0.0833. The SMILES string of the molecule is CCCCCCCCc1ccc(OCCOc2ccc(NC(C)=O)cc2)cc1. The van der Waals surface area contributed by atoms with Gasteiger partial charge in [0.15, 0.2) is 0 Å². The Kier molecular flexibility index (Phi) is 9.98. The maximum absolute atomic E-state index is 11.0. The Morgan fingerprint density at radius 1 is 0.786 bits per heavy atom. The Labute approximate surface area is 169 Å². The molecule has 0 fully saturated rings. The molecule has 0 atom stereocenters. The Hall–Kier alpha value is -2.49. The van der Waals surface area contributed by atoms with E-state index in [-0.39, 0.29) is 5.91 Å². The molecule has 1 amide bonds. The summed E-state index contributed by atoms with van der Waals surface area (Å²) in [6, 6.07) is 15.7. The van der Waals surface area contributed by atoms with Crippen molar-refractivity contribution in [3.05, 3.63) is 54.1 Å². The monoisotopic (exact) mass is 383 g/mol. The first-order chi connectivity index (χ1) is 13.7. The van der Waals surface area contributed by atoms with Crippen molar-refractivity contribution in [2.45, 2.75) is 58.8 Å². The van der Waals surface area contributed by atoms with Crippen LogP contribution in [0, 0.1) is 0 Å². The van der Waals surface area contributed by atoms with Crippen LogP contribution in [0.15, 0.2) is 48.5 Å². The summed E-state index contributed by atoms with van der Waals surface area (Å²) in [6.45, 7) is 4.70. The van der Waals surface area contributed by atoms with Crippen molar-refractivity contribution >= 4 is 11.6 Å². The first-order valence-electron chi connectivity index (χ1n) is 10.4. The Balaban J connectivity index is 1.60. The Morgan fingerprint density at radius 3 is 1.89 bits per heavy atom. The average Bonchev–Trinajstić information content (AvgIpc) is 2.70. The van der Waals surface area contributed by atoms with Gasteiger partial charge in [0.1, 0.15) is 24.7 Å². The molecule has 0 aliphatic rings. The van der Waals surface area contributed by atoms with Gasteiger partial charge >= 0.3 is 0 Å². The summed E-state index contributed by atoms with van der Waals surface area (Å²) < 4.78 is 11.4. The molecule has 0 saturated heterocycles. The van der Waals surface area contributed by atoms with Gasteiger partial charge in [-0.25, -0.2) is 0 Å². The number of unbranched alkanes of at least 4 members (excludes halogenated alkanes) is 5. The van der Waals surface area contributed by atoms with Crippen LogP contribution in [-0.4, -0.2) is 19.1 Å². The molecule has 0 heterocycles. The molecule has 0 unspecified atom stereocenters. The van der Waals surface area contributed by atoms with E-state index in [1.54, 1.807) is 0 Å². The van der Waals surface area contributed by atoms with Gasteiger partial charge in [-0.15, -0.1) is 0 Å². The quantitative estimate of drug-likeness (QED) is 0.431. The minimum atomic E-state index is -0.0833. The second-order valence-corrected chi connectivity index (χ2v) is 7.06. The number of hydrogen-bond acceptors (Lipinski definition) is 3. The molecule has 0 bridgehead atoms. The van der Waals surface area contributed by atoms with Crippen molar-refractivity contribution in [1.82, 2.24) is 0 Å². The van der Waals surface area contributed by atoms with Crippen LogP contribution >= 0.6 is 0 Å². The second-order valence-electron chi connectivity index (χ2n) is 7.06. The summed E-state index contributed by atoms with van der Waals surface area (Å²) in [5, 5.41) is 2.73. The zero-order valence-electron chi connectivity index (χ0n) is 17.2. The van der Waals surface area contributed by atoms with Gasteiger partial charge in [-0.1, -0.05) is 51.2 Å². The molecule has 2 aromatic carbocycles. The Morgan fingerprint density at radius 2 is 1.32 bits per heavy atom. The summed E-state index contributed by atoms with van der Waals surface area (Å²) in [4.78, 5) is 11.0. The molecular weight excluding hydrogens is 350 g/mol. The Bertz CT molecular complexity index is 680. The van der Waals surface area contributed by atoms with E-state index in [1.807, 2.05) is 36.4 Å². The number of hydrogen-bond donors (Lipinski definition) is 1.